The highest BCUT2D eigenvalue weighted by molar-refractivity contribution is 8.18. The fraction of sp³-hybridized carbons (Fsp3) is 0.467. The second-order valence-electron chi connectivity index (χ2n) is 6.02. The Kier molecular flexibility index (Phi) is 6.35. The van der Waals surface area contributed by atoms with Crippen molar-refractivity contribution in [2.45, 2.75) is 37.8 Å². The number of imide groups is 1. The smallest absolute Gasteiger partial charge is 0.290 e. The molecule has 1 aromatic rings. The molecule has 0 radical (unpaired) electrons. The van der Waals surface area contributed by atoms with Crippen LogP contribution in [0.15, 0.2) is 17.2 Å². The molecule has 1 unspecified atom stereocenters. The van der Waals surface area contributed by atoms with Gasteiger partial charge in [-0.1, -0.05) is 0 Å². The second-order valence-corrected chi connectivity index (χ2v) is 7.97. The van der Waals surface area contributed by atoms with E-state index in [1.165, 1.54) is 0 Å². The van der Waals surface area contributed by atoms with Crippen molar-refractivity contribution in [3.8, 4) is 0 Å². The molecule has 1 saturated heterocycles. The summed E-state index contributed by atoms with van der Waals surface area (Å²) in [7, 11) is 0. The van der Waals surface area contributed by atoms with Crippen molar-refractivity contribution in [3.05, 3.63) is 22.9 Å². The van der Waals surface area contributed by atoms with Crippen LogP contribution in [0.4, 0.5) is 10.7 Å². The lowest BCUT2D eigenvalue weighted by Gasteiger charge is -2.29. The first-order chi connectivity index (χ1) is 12.5. The van der Waals surface area contributed by atoms with Crippen LogP contribution in [0.25, 0.3) is 6.08 Å². The lowest BCUT2D eigenvalue weighted by Crippen LogP contribution is -2.38. The van der Waals surface area contributed by atoms with Crippen molar-refractivity contribution in [2.24, 2.45) is 0 Å². The van der Waals surface area contributed by atoms with Gasteiger partial charge in [0.25, 0.3) is 11.1 Å². The summed E-state index contributed by atoms with van der Waals surface area (Å²) in [4.78, 5) is 31.7. The summed E-state index contributed by atoms with van der Waals surface area (Å²) in [6.45, 7) is 0. The molecular formula is C15H19N5O4S2. The third kappa shape index (κ3) is 5.34. The van der Waals surface area contributed by atoms with Gasteiger partial charge in [-0.05, 0) is 49.6 Å². The molecule has 2 amide bonds. The standard InChI is InChI=1S/C15H19N5O4S2/c21-13-12(25-15(22)20-13)7-11-5-6-16-14(19-11)18-10-3-1-9(2-4-10)17-8-26(23)24/h5-7,9-10,17H,1-4,8H2,(H,23,24)(H,16,18,19)(H,20,21,22)/b12-7-/t9-,10-. The van der Waals surface area contributed by atoms with Crippen molar-refractivity contribution < 1.29 is 18.4 Å². The summed E-state index contributed by atoms with van der Waals surface area (Å²) in [5.41, 5.74) is 0.552. The van der Waals surface area contributed by atoms with Crippen molar-refractivity contribution in [2.75, 3.05) is 11.2 Å². The minimum atomic E-state index is -1.82. The third-order valence-corrected chi connectivity index (χ3v) is 5.38. The van der Waals surface area contributed by atoms with Gasteiger partial charge in [0.2, 0.25) is 5.95 Å². The first kappa shape index (κ1) is 19.0. The van der Waals surface area contributed by atoms with Crippen LogP contribution < -0.4 is 16.0 Å². The highest BCUT2D eigenvalue weighted by Crippen LogP contribution is 2.25. The number of carbonyl (C=O) groups excluding carboxylic acids is 2. The summed E-state index contributed by atoms with van der Waals surface area (Å²) >= 11 is -0.970. The zero-order valence-electron chi connectivity index (χ0n) is 13.8. The molecular weight excluding hydrogens is 378 g/mol. The first-order valence-corrected chi connectivity index (χ1v) is 10.2. The highest BCUT2D eigenvalue weighted by Gasteiger charge is 2.25. The predicted molar refractivity (Wildman–Crippen MR) is 99.6 cm³/mol. The molecule has 4 N–H and O–H groups in total. The number of thioether (sulfide) groups is 1. The number of aromatic nitrogens is 2. The zero-order chi connectivity index (χ0) is 18.5. The topological polar surface area (TPSA) is 133 Å². The van der Waals surface area contributed by atoms with E-state index in [1.807, 2.05) is 0 Å². The molecule has 140 valence electrons. The van der Waals surface area contributed by atoms with Gasteiger partial charge in [0.05, 0.1) is 16.5 Å². The Morgan fingerprint density at radius 1 is 1.31 bits per heavy atom. The van der Waals surface area contributed by atoms with Crippen LogP contribution >= 0.6 is 11.8 Å². The van der Waals surface area contributed by atoms with Crippen LogP contribution in [0.1, 0.15) is 31.4 Å². The molecule has 9 nitrogen and oxygen atoms in total. The average Bonchev–Trinajstić information content (AvgIpc) is 2.92. The molecule has 1 atom stereocenters. The van der Waals surface area contributed by atoms with Gasteiger partial charge < -0.3 is 15.2 Å². The van der Waals surface area contributed by atoms with E-state index >= 15 is 0 Å². The Bertz CT molecular complexity index is 749. The van der Waals surface area contributed by atoms with Crippen LogP contribution in [-0.2, 0) is 15.9 Å². The van der Waals surface area contributed by atoms with Crippen molar-refractivity contribution >= 4 is 46.0 Å². The van der Waals surface area contributed by atoms with E-state index < -0.39 is 17.0 Å². The lowest BCUT2D eigenvalue weighted by molar-refractivity contribution is -0.115. The molecule has 1 aromatic heterocycles. The molecule has 0 bridgehead atoms. The Hall–Kier alpha value is -1.82. The number of carbonyl (C=O) groups is 2. The quantitative estimate of drug-likeness (QED) is 0.414. The Labute approximate surface area is 157 Å². The van der Waals surface area contributed by atoms with E-state index in [1.54, 1.807) is 18.3 Å². The van der Waals surface area contributed by atoms with Crippen LogP contribution in [0, 0.1) is 0 Å². The van der Waals surface area contributed by atoms with Crippen LogP contribution in [0.5, 0.6) is 0 Å². The van der Waals surface area contributed by atoms with E-state index in [4.69, 9.17) is 4.55 Å². The third-order valence-electron chi connectivity index (χ3n) is 4.15. The number of hydrogen-bond acceptors (Lipinski definition) is 8. The van der Waals surface area contributed by atoms with Crippen molar-refractivity contribution in [3.63, 3.8) is 0 Å². The predicted octanol–water partition coefficient (Wildman–Crippen LogP) is 1.29. The molecule has 2 fully saturated rings. The first-order valence-electron chi connectivity index (χ1n) is 8.15. The zero-order valence-corrected chi connectivity index (χ0v) is 15.4. The van der Waals surface area contributed by atoms with E-state index in [2.05, 4.69) is 25.9 Å². The van der Waals surface area contributed by atoms with Crippen molar-refractivity contribution in [1.29, 1.82) is 0 Å². The normalized spacial score (nSPS) is 26.0. The Morgan fingerprint density at radius 2 is 2.04 bits per heavy atom. The van der Waals surface area contributed by atoms with Gasteiger partial charge in [0.1, 0.15) is 0 Å². The van der Waals surface area contributed by atoms with Crippen LogP contribution in [0.3, 0.4) is 0 Å². The number of nitrogens with one attached hydrogen (secondary N) is 3. The van der Waals surface area contributed by atoms with E-state index in [9.17, 15) is 13.8 Å². The minimum Gasteiger partial charge on any atom is -0.351 e. The number of nitrogens with zero attached hydrogens (tertiary/aromatic N) is 2. The largest absolute Gasteiger partial charge is 0.351 e. The molecule has 1 aliphatic carbocycles. The van der Waals surface area contributed by atoms with E-state index in [0.717, 1.165) is 37.4 Å². The van der Waals surface area contributed by atoms with Gasteiger partial charge >= 0.3 is 0 Å². The Balaban J connectivity index is 1.55. The summed E-state index contributed by atoms with van der Waals surface area (Å²) < 4.78 is 19.5. The average molecular weight is 397 g/mol. The number of anilines is 1. The molecule has 0 aromatic carbocycles. The molecule has 1 aliphatic heterocycles. The highest BCUT2D eigenvalue weighted by atomic mass is 32.2. The van der Waals surface area contributed by atoms with Crippen molar-refractivity contribution in [1.82, 2.24) is 20.6 Å². The molecule has 0 spiro atoms. The summed E-state index contributed by atoms with van der Waals surface area (Å²) in [6, 6.07) is 2.14. The number of hydrogen-bond donors (Lipinski definition) is 4. The Morgan fingerprint density at radius 3 is 2.69 bits per heavy atom. The fourth-order valence-corrected chi connectivity index (χ4v) is 3.94. The summed E-state index contributed by atoms with van der Waals surface area (Å²) in [5, 5.41) is 8.19. The summed E-state index contributed by atoms with van der Waals surface area (Å²) in [5.74, 6) is 0.154. The number of rotatable bonds is 6. The summed E-state index contributed by atoms with van der Waals surface area (Å²) in [6.07, 6.45) is 6.77. The molecule has 2 aliphatic rings. The lowest BCUT2D eigenvalue weighted by atomic mass is 9.91. The molecule has 1 saturated carbocycles. The van der Waals surface area contributed by atoms with E-state index in [0.29, 0.717) is 16.5 Å². The van der Waals surface area contributed by atoms with Gasteiger partial charge in [-0.3, -0.25) is 14.9 Å². The van der Waals surface area contributed by atoms with Gasteiger partial charge in [-0.15, -0.1) is 0 Å². The maximum Gasteiger partial charge on any atom is 0.290 e. The minimum absolute atomic E-state index is 0.0939. The molecule has 26 heavy (non-hydrogen) atoms. The van der Waals surface area contributed by atoms with Gasteiger partial charge in [0, 0.05) is 18.3 Å². The van der Waals surface area contributed by atoms with Crippen LogP contribution in [-0.4, -0.2) is 47.8 Å². The fourth-order valence-electron chi connectivity index (χ4n) is 2.89. The van der Waals surface area contributed by atoms with Crippen LogP contribution in [0.2, 0.25) is 0 Å². The molecule has 3 rings (SSSR count). The van der Waals surface area contributed by atoms with Gasteiger partial charge in [-0.25, -0.2) is 14.2 Å². The van der Waals surface area contributed by atoms with E-state index in [-0.39, 0.29) is 23.2 Å². The molecule has 2 heterocycles. The van der Waals surface area contributed by atoms with Gasteiger partial charge in [-0.2, -0.15) is 0 Å². The maximum absolute atomic E-state index is 11.6. The number of amides is 2. The molecule has 11 heteroatoms. The van der Waals surface area contributed by atoms with Gasteiger partial charge in [0.15, 0.2) is 11.1 Å². The second kappa shape index (κ2) is 8.71. The monoisotopic (exact) mass is 397 g/mol. The SMILES string of the molecule is O=C1NC(=O)/C(=C/c2ccnc(N[C@H]3CC[C@H](NCS(=O)O)CC3)n2)S1. The maximum atomic E-state index is 11.6.